The molecule has 142 valence electrons. The number of carbonyl (C=O) groups excluding carboxylic acids is 2. The van der Waals surface area contributed by atoms with E-state index in [1.807, 2.05) is 9.80 Å². The highest BCUT2D eigenvalue weighted by molar-refractivity contribution is 5.77. The van der Waals surface area contributed by atoms with Crippen molar-refractivity contribution >= 4 is 11.9 Å². The molecule has 6 heteroatoms. The van der Waals surface area contributed by atoms with Gasteiger partial charge in [-0.05, 0) is 44.1 Å². The number of carbonyl (C=O) groups is 2. The molecule has 25 heavy (non-hydrogen) atoms. The van der Waals surface area contributed by atoms with Crippen LogP contribution >= 0.6 is 0 Å². The minimum atomic E-state index is 0.0902. The predicted molar refractivity (Wildman–Crippen MR) is 98.3 cm³/mol. The van der Waals surface area contributed by atoms with Gasteiger partial charge in [-0.15, -0.1) is 0 Å². The quantitative estimate of drug-likeness (QED) is 0.822. The Hall–Kier alpha value is -1.30. The zero-order chi connectivity index (χ0) is 17.6. The number of likely N-dealkylation sites (N-methyl/N-ethyl adjacent to an activating group) is 1. The zero-order valence-electron chi connectivity index (χ0n) is 15.7. The maximum atomic E-state index is 12.5. The smallest absolute Gasteiger partial charge is 0.317 e. The summed E-state index contributed by atoms with van der Waals surface area (Å²) in [6.45, 7) is 9.40. The van der Waals surface area contributed by atoms with Gasteiger partial charge in [0.15, 0.2) is 0 Å². The van der Waals surface area contributed by atoms with Crippen molar-refractivity contribution in [1.29, 1.82) is 0 Å². The molecule has 0 spiro atoms. The van der Waals surface area contributed by atoms with Crippen LogP contribution in [0.1, 0.15) is 45.4 Å². The van der Waals surface area contributed by atoms with Crippen molar-refractivity contribution < 1.29 is 9.59 Å². The van der Waals surface area contributed by atoms with Crippen molar-refractivity contribution in [3.8, 4) is 0 Å². The lowest BCUT2D eigenvalue weighted by molar-refractivity contribution is -0.134. The Kier molecular flexibility index (Phi) is 6.57. The van der Waals surface area contributed by atoms with Crippen LogP contribution in [0.15, 0.2) is 0 Å². The molecule has 3 aliphatic rings. The molecule has 0 aromatic rings. The first kappa shape index (κ1) is 18.5. The summed E-state index contributed by atoms with van der Waals surface area (Å²) in [5.74, 6) is 1.45. The fourth-order valence-electron chi connectivity index (χ4n) is 4.07. The van der Waals surface area contributed by atoms with Crippen molar-refractivity contribution in [2.24, 2.45) is 11.8 Å². The molecule has 0 atom stereocenters. The number of nitrogens with one attached hydrogen (secondary N) is 1. The van der Waals surface area contributed by atoms with E-state index in [-0.39, 0.29) is 6.03 Å². The number of rotatable bonds is 5. The summed E-state index contributed by atoms with van der Waals surface area (Å²) in [6.07, 6.45) is 6.40. The van der Waals surface area contributed by atoms with Gasteiger partial charge < -0.3 is 20.0 Å². The monoisotopic (exact) mass is 350 g/mol. The molecular formula is C19H34N4O2. The average Bonchev–Trinajstić information content (AvgIpc) is 2.61. The number of urea groups is 1. The third-order valence-corrected chi connectivity index (χ3v) is 6.30. The summed E-state index contributed by atoms with van der Waals surface area (Å²) >= 11 is 0. The van der Waals surface area contributed by atoms with Gasteiger partial charge in [0.1, 0.15) is 0 Å². The Morgan fingerprint density at radius 2 is 1.56 bits per heavy atom. The maximum absolute atomic E-state index is 12.5. The molecular weight excluding hydrogens is 316 g/mol. The molecule has 2 saturated heterocycles. The summed E-state index contributed by atoms with van der Waals surface area (Å²) in [4.78, 5) is 31.1. The van der Waals surface area contributed by atoms with Crippen molar-refractivity contribution in [2.75, 3.05) is 52.4 Å². The van der Waals surface area contributed by atoms with E-state index in [1.165, 1.54) is 19.3 Å². The molecule has 0 radical (unpaired) electrons. The van der Waals surface area contributed by atoms with Crippen molar-refractivity contribution in [3.63, 3.8) is 0 Å². The van der Waals surface area contributed by atoms with E-state index < -0.39 is 0 Å². The molecule has 3 amide bonds. The first-order valence-corrected chi connectivity index (χ1v) is 10.2. The van der Waals surface area contributed by atoms with Gasteiger partial charge in [-0.1, -0.05) is 13.3 Å². The van der Waals surface area contributed by atoms with Gasteiger partial charge in [-0.25, -0.2) is 4.79 Å². The Bertz CT molecular complexity index is 450. The van der Waals surface area contributed by atoms with Crippen LogP contribution in [0.3, 0.4) is 0 Å². The van der Waals surface area contributed by atoms with E-state index in [4.69, 9.17) is 0 Å². The molecule has 1 aliphatic carbocycles. The Morgan fingerprint density at radius 1 is 0.880 bits per heavy atom. The Morgan fingerprint density at radius 3 is 2.12 bits per heavy atom. The van der Waals surface area contributed by atoms with Crippen LogP contribution in [0.2, 0.25) is 0 Å². The van der Waals surface area contributed by atoms with Crippen LogP contribution in [0.25, 0.3) is 0 Å². The second-order valence-corrected chi connectivity index (χ2v) is 7.93. The molecule has 2 aliphatic heterocycles. The molecule has 1 saturated carbocycles. The van der Waals surface area contributed by atoms with Gasteiger partial charge in [0.05, 0.1) is 0 Å². The van der Waals surface area contributed by atoms with Crippen LogP contribution in [-0.2, 0) is 4.79 Å². The van der Waals surface area contributed by atoms with Gasteiger partial charge in [-0.3, -0.25) is 4.79 Å². The van der Waals surface area contributed by atoms with E-state index in [0.717, 1.165) is 65.2 Å². The summed E-state index contributed by atoms with van der Waals surface area (Å²) in [5, 5.41) is 3.08. The summed E-state index contributed by atoms with van der Waals surface area (Å²) in [7, 11) is 0. The normalized spacial score (nSPS) is 23.4. The van der Waals surface area contributed by atoms with E-state index in [1.54, 1.807) is 0 Å². The minimum Gasteiger partial charge on any atom is -0.340 e. The predicted octanol–water partition coefficient (Wildman–Crippen LogP) is 1.76. The molecule has 3 rings (SSSR count). The number of hydrogen-bond donors (Lipinski definition) is 1. The fraction of sp³-hybridized carbons (Fsp3) is 0.895. The Balaban J connectivity index is 1.33. The van der Waals surface area contributed by atoms with Crippen LogP contribution in [-0.4, -0.2) is 79.0 Å². The van der Waals surface area contributed by atoms with Gasteiger partial charge in [0.2, 0.25) is 5.91 Å². The molecule has 3 fully saturated rings. The molecule has 2 heterocycles. The lowest BCUT2D eigenvalue weighted by atomic mass is 9.85. The fourth-order valence-corrected chi connectivity index (χ4v) is 4.07. The number of piperidine rings is 1. The highest BCUT2D eigenvalue weighted by Gasteiger charge is 2.28. The lowest BCUT2D eigenvalue weighted by Gasteiger charge is -2.36. The van der Waals surface area contributed by atoms with Gasteiger partial charge in [0, 0.05) is 52.2 Å². The highest BCUT2D eigenvalue weighted by Crippen LogP contribution is 2.25. The second kappa shape index (κ2) is 8.88. The number of nitrogens with zero attached hydrogens (tertiary/aromatic N) is 3. The SMILES string of the molecule is CCN1CCN(C(=O)CC2CCN(C(=O)NCC3CCC3)CC2)CC1. The number of piperazine rings is 1. The number of hydrogen-bond acceptors (Lipinski definition) is 3. The molecule has 0 bridgehead atoms. The summed E-state index contributed by atoms with van der Waals surface area (Å²) < 4.78 is 0. The van der Waals surface area contributed by atoms with Crippen molar-refractivity contribution in [2.45, 2.75) is 45.4 Å². The average molecular weight is 351 g/mol. The third-order valence-electron chi connectivity index (χ3n) is 6.30. The van der Waals surface area contributed by atoms with Crippen LogP contribution in [0.4, 0.5) is 4.79 Å². The maximum Gasteiger partial charge on any atom is 0.317 e. The second-order valence-electron chi connectivity index (χ2n) is 7.93. The zero-order valence-corrected chi connectivity index (χ0v) is 15.7. The van der Waals surface area contributed by atoms with Gasteiger partial charge >= 0.3 is 6.03 Å². The van der Waals surface area contributed by atoms with Crippen molar-refractivity contribution in [1.82, 2.24) is 20.0 Å². The van der Waals surface area contributed by atoms with E-state index in [9.17, 15) is 9.59 Å². The molecule has 6 nitrogen and oxygen atoms in total. The van der Waals surface area contributed by atoms with E-state index in [2.05, 4.69) is 17.1 Å². The topological polar surface area (TPSA) is 55.9 Å². The first-order valence-electron chi connectivity index (χ1n) is 10.2. The molecule has 0 unspecified atom stereocenters. The minimum absolute atomic E-state index is 0.0902. The van der Waals surface area contributed by atoms with Gasteiger partial charge in [0.25, 0.3) is 0 Å². The van der Waals surface area contributed by atoms with E-state index >= 15 is 0 Å². The van der Waals surface area contributed by atoms with Crippen LogP contribution in [0, 0.1) is 11.8 Å². The highest BCUT2D eigenvalue weighted by atomic mass is 16.2. The first-order chi connectivity index (χ1) is 12.2. The van der Waals surface area contributed by atoms with Crippen LogP contribution < -0.4 is 5.32 Å². The van der Waals surface area contributed by atoms with Crippen molar-refractivity contribution in [3.05, 3.63) is 0 Å². The summed E-state index contributed by atoms with van der Waals surface area (Å²) in [5.41, 5.74) is 0. The summed E-state index contributed by atoms with van der Waals surface area (Å²) in [6, 6.07) is 0.0902. The third kappa shape index (κ3) is 5.09. The van der Waals surface area contributed by atoms with Crippen LogP contribution in [0.5, 0.6) is 0 Å². The van der Waals surface area contributed by atoms with Gasteiger partial charge in [-0.2, -0.15) is 0 Å². The standard InChI is InChI=1S/C19H34N4O2/c1-2-21-10-12-22(13-11-21)18(24)14-16-6-8-23(9-7-16)19(25)20-15-17-4-3-5-17/h16-17H,2-15H2,1H3,(H,20,25). The largest absolute Gasteiger partial charge is 0.340 e. The molecule has 1 N–H and O–H groups in total. The number of amides is 3. The Labute approximate surface area is 151 Å². The molecule has 0 aromatic heterocycles. The molecule has 0 aromatic carbocycles. The lowest BCUT2D eigenvalue weighted by Crippen LogP contribution is -2.49. The number of likely N-dealkylation sites (tertiary alicyclic amines) is 1. The van der Waals surface area contributed by atoms with E-state index in [0.29, 0.717) is 24.2 Å².